The Bertz CT molecular complexity index is 1160. The van der Waals surface area contributed by atoms with Crippen molar-refractivity contribution in [2.75, 3.05) is 23.8 Å². The van der Waals surface area contributed by atoms with Crippen molar-refractivity contribution in [1.29, 1.82) is 0 Å². The number of rotatable bonds is 6. The summed E-state index contributed by atoms with van der Waals surface area (Å²) in [4.78, 5) is 33.0. The minimum atomic E-state index is -4.38. The Labute approximate surface area is 194 Å². The molecule has 180 valence electrons. The fourth-order valence-electron chi connectivity index (χ4n) is 3.78. The smallest absolute Gasteiger partial charge is 0.346 e. The highest BCUT2D eigenvalue weighted by molar-refractivity contribution is 5.93. The lowest BCUT2D eigenvalue weighted by Gasteiger charge is -2.24. The van der Waals surface area contributed by atoms with Crippen molar-refractivity contribution in [2.45, 2.75) is 39.0 Å². The maximum absolute atomic E-state index is 12.8. The number of anilines is 2. The van der Waals surface area contributed by atoms with Gasteiger partial charge in [0.2, 0.25) is 11.9 Å². The second-order valence-electron chi connectivity index (χ2n) is 8.57. The van der Waals surface area contributed by atoms with E-state index in [0.717, 1.165) is 12.1 Å². The number of halogens is 3. The second-order valence-corrected chi connectivity index (χ2v) is 8.57. The van der Waals surface area contributed by atoms with E-state index >= 15 is 0 Å². The number of carbonyl (C=O) groups is 1. The molecule has 1 fully saturated rings. The van der Waals surface area contributed by atoms with E-state index in [4.69, 9.17) is 0 Å². The monoisotopic (exact) mass is 474 g/mol. The Morgan fingerprint density at radius 2 is 1.79 bits per heavy atom. The molecular weight excluding hydrogens is 449 g/mol. The molecule has 0 bridgehead atoms. The SMILES string of the molecule is CC(C)[C@H]1CN(C)C(=O)N1c1ncnc(N[C@@H](C)c2cn(-c3ccc(C(F)(F)F)cc3)cn2)n1. The Balaban J connectivity index is 1.49. The predicted molar refractivity (Wildman–Crippen MR) is 120 cm³/mol. The van der Waals surface area contributed by atoms with Crippen LogP contribution in [-0.4, -0.2) is 55.1 Å². The van der Waals surface area contributed by atoms with Crippen molar-refractivity contribution in [3.8, 4) is 5.69 Å². The van der Waals surface area contributed by atoms with Gasteiger partial charge in [-0.15, -0.1) is 0 Å². The number of urea groups is 1. The molecule has 2 atom stereocenters. The number of imidazole rings is 1. The lowest BCUT2D eigenvalue weighted by atomic mass is 10.0. The first-order valence-corrected chi connectivity index (χ1v) is 10.8. The quantitative estimate of drug-likeness (QED) is 0.577. The van der Waals surface area contributed by atoms with Crippen LogP contribution < -0.4 is 10.2 Å². The molecule has 1 aliphatic rings. The molecule has 0 spiro atoms. The van der Waals surface area contributed by atoms with Gasteiger partial charge in [-0.25, -0.2) is 19.7 Å². The molecule has 1 aromatic carbocycles. The van der Waals surface area contributed by atoms with Crippen molar-refractivity contribution < 1.29 is 18.0 Å². The van der Waals surface area contributed by atoms with E-state index in [1.165, 1.54) is 24.8 Å². The molecule has 0 saturated carbocycles. The minimum absolute atomic E-state index is 0.0513. The van der Waals surface area contributed by atoms with Crippen molar-refractivity contribution in [1.82, 2.24) is 29.4 Å². The maximum Gasteiger partial charge on any atom is 0.416 e. The third-order valence-corrected chi connectivity index (χ3v) is 5.75. The summed E-state index contributed by atoms with van der Waals surface area (Å²) in [5, 5.41) is 3.15. The largest absolute Gasteiger partial charge is 0.416 e. The van der Waals surface area contributed by atoms with E-state index in [1.54, 1.807) is 27.6 Å². The van der Waals surface area contributed by atoms with Crippen LogP contribution in [0.3, 0.4) is 0 Å². The summed E-state index contributed by atoms with van der Waals surface area (Å²) in [7, 11) is 1.74. The Hall–Kier alpha value is -3.70. The zero-order chi connectivity index (χ0) is 24.6. The maximum atomic E-state index is 12.8. The third-order valence-electron chi connectivity index (χ3n) is 5.75. The number of nitrogens with one attached hydrogen (secondary N) is 1. The normalized spacial score (nSPS) is 17.5. The summed E-state index contributed by atoms with van der Waals surface area (Å²) in [5.74, 6) is 0.773. The lowest BCUT2D eigenvalue weighted by Crippen LogP contribution is -2.39. The summed E-state index contributed by atoms with van der Waals surface area (Å²) in [6.45, 7) is 6.52. The average Bonchev–Trinajstić information content (AvgIpc) is 3.39. The predicted octanol–water partition coefficient (Wildman–Crippen LogP) is 4.15. The summed E-state index contributed by atoms with van der Waals surface area (Å²) >= 11 is 0. The summed E-state index contributed by atoms with van der Waals surface area (Å²) in [6.07, 6.45) is 0.211. The van der Waals surface area contributed by atoms with Crippen molar-refractivity contribution in [3.05, 3.63) is 54.4 Å². The number of carbonyl (C=O) groups excluding carboxylic acids is 1. The molecule has 3 heterocycles. The van der Waals surface area contributed by atoms with Crippen molar-refractivity contribution in [3.63, 3.8) is 0 Å². The number of benzene rings is 1. The van der Waals surface area contributed by atoms with E-state index in [2.05, 4.69) is 25.3 Å². The number of amides is 2. The summed E-state index contributed by atoms with van der Waals surface area (Å²) < 4.78 is 40.0. The molecule has 9 nitrogen and oxygen atoms in total. The van der Waals surface area contributed by atoms with Crippen LogP contribution in [0.4, 0.5) is 29.9 Å². The zero-order valence-corrected chi connectivity index (χ0v) is 19.2. The highest BCUT2D eigenvalue weighted by atomic mass is 19.4. The molecule has 2 aromatic heterocycles. The van der Waals surface area contributed by atoms with Gasteiger partial charge in [0.25, 0.3) is 0 Å². The Morgan fingerprint density at radius 3 is 2.44 bits per heavy atom. The van der Waals surface area contributed by atoms with Crippen LogP contribution in [0, 0.1) is 5.92 Å². The number of hydrogen-bond donors (Lipinski definition) is 1. The summed E-state index contributed by atoms with van der Waals surface area (Å²) in [6, 6.07) is 4.31. The molecule has 4 rings (SSSR count). The Morgan fingerprint density at radius 1 is 1.09 bits per heavy atom. The van der Waals surface area contributed by atoms with Crippen LogP contribution >= 0.6 is 0 Å². The van der Waals surface area contributed by atoms with Crippen LogP contribution in [0.5, 0.6) is 0 Å². The second kappa shape index (κ2) is 8.92. The van der Waals surface area contributed by atoms with Gasteiger partial charge >= 0.3 is 12.2 Å². The highest BCUT2D eigenvalue weighted by Crippen LogP contribution is 2.30. The number of hydrogen-bond acceptors (Lipinski definition) is 6. The lowest BCUT2D eigenvalue weighted by molar-refractivity contribution is -0.137. The molecule has 2 amide bonds. The molecule has 0 radical (unpaired) electrons. The highest BCUT2D eigenvalue weighted by Gasteiger charge is 2.39. The van der Waals surface area contributed by atoms with Gasteiger partial charge < -0.3 is 14.8 Å². The van der Waals surface area contributed by atoms with Crippen LogP contribution in [0.25, 0.3) is 5.69 Å². The molecular formula is C22H25F3N8O. The molecule has 3 aromatic rings. The molecule has 1 saturated heterocycles. The standard InChI is InChI=1S/C22H25F3N8O/c1-13(2)18-10-31(4)21(34)33(18)20-27-11-26-19(30-20)29-14(3)17-9-32(12-28-17)16-7-5-15(6-8-16)22(23,24)25/h5-9,11-14,18H,10H2,1-4H3,(H,26,27,29,30)/t14-,18+/m0/s1. The van der Waals surface area contributed by atoms with Gasteiger partial charge in [-0.05, 0) is 37.1 Å². The average molecular weight is 474 g/mol. The summed E-state index contributed by atoms with van der Waals surface area (Å²) in [5.41, 5.74) is 0.483. The first kappa shape index (κ1) is 23.5. The van der Waals surface area contributed by atoms with Gasteiger partial charge in [0.15, 0.2) is 0 Å². The van der Waals surface area contributed by atoms with Crippen LogP contribution in [0.1, 0.15) is 38.1 Å². The van der Waals surface area contributed by atoms with E-state index in [0.29, 0.717) is 17.9 Å². The van der Waals surface area contributed by atoms with Gasteiger partial charge in [0.05, 0.1) is 29.7 Å². The fraction of sp³-hybridized carbons (Fsp3) is 0.409. The Kier molecular flexibility index (Phi) is 6.15. The van der Waals surface area contributed by atoms with E-state index < -0.39 is 11.7 Å². The van der Waals surface area contributed by atoms with E-state index in [9.17, 15) is 18.0 Å². The molecule has 0 aliphatic carbocycles. The zero-order valence-electron chi connectivity index (χ0n) is 19.2. The third kappa shape index (κ3) is 4.66. The topological polar surface area (TPSA) is 92.1 Å². The number of nitrogens with zero attached hydrogens (tertiary/aromatic N) is 7. The first-order valence-electron chi connectivity index (χ1n) is 10.8. The van der Waals surface area contributed by atoms with Crippen LogP contribution in [-0.2, 0) is 6.18 Å². The molecule has 34 heavy (non-hydrogen) atoms. The van der Waals surface area contributed by atoms with Crippen LogP contribution in [0.2, 0.25) is 0 Å². The van der Waals surface area contributed by atoms with Crippen molar-refractivity contribution in [2.24, 2.45) is 5.92 Å². The fourth-order valence-corrected chi connectivity index (χ4v) is 3.78. The molecule has 0 unspecified atom stereocenters. The number of likely N-dealkylation sites (N-methyl/N-ethyl adjacent to an activating group) is 1. The van der Waals surface area contributed by atoms with Gasteiger partial charge in [-0.3, -0.25) is 4.90 Å². The van der Waals surface area contributed by atoms with Gasteiger partial charge in [-0.1, -0.05) is 13.8 Å². The molecule has 1 aliphatic heterocycles. The number of alkyl halides is 3. The van der Waals surface area contributed by atoms with Gasteiger partial charge in [-0.2, -0.15) is 18.2 Å². The van der Waals surface area contributed by atoms with Crippen LogP contribution in [0.15, 0.2) is 43.1 Å². The van der Waals surface area contributed by atoms with E-state index in [1.807, 2.05) is 20.8 Å². The van der Waals surface area contributed by atoms with Gasteiger partial charge in [0.1, 0.15) is 6.33 Å². The molecule has 1 N–H and O–H groups in total. The minimum Gasteiger partial charge on any atom is -0.346 e. The van der Waals surface area contributed by atoms with Crippen molar-refractivity contribution >= 4 is 17.9 Å². The first-order chi connectivity index (χ1) is 16.0. The van der Waals surface area contributed by atoms with E-state index in [-0.39, 0.29) is 35.9 Å². The molecule has 12 heteroatoms. The number of aromatic nitrogens is 5. The van der Waals surface area contributed by atoms with Gasteiger partial charge in [0, 0.05) is 25.5 Å².